The predicted molar refractivity (Wildman–Crippen MR) is 100 cm³/mol. The van der Waals surface area contributed by atoms with Gasteiger partial charge in [0.25, 0.3) is 0 Å². The third kappa shape index (κ3) is 3.13. The van der Waals surface area contributed by atoms with Crippen LogP contribution in [0.4, 0.5) is 0 Å². The molecule has 0 aliphatic rings. The largest absolute Gasteiger partial charge is 0.396 e. The molecule has 0 aromatic heterocycles. The minimum Gasteiger partial charge on any atom is -0.396 e. The molecule has 0 bridgehead atoms. The van der Waals surface area contributed by atoms with Gasteiger partial charge in [-0.2, -0.15) is 0 Å². The molecule has 0 saturated heterocycles. The van der Waals surface area contributed by atoms with E-state index in [9.17, 15) is 5.11 Å². The van der Waals surface area contributed by atoms with Gasteiger partial charge in [-0.25, -0.2) is 0 Å². The molecule has 3 aromatic rings. The maximum Gasteiger partial charge on any atom is 0.0457 e. The van der Waals surface area contributed by atoms with Crippen molar-refractivity contribution in [3.63, 3.8) is 0 Å². The van der Waals surface area contributed by atoms with Gasteiger partial charge in [-0.05, 0) is 29.0 Å². The van der Waals surface area contributed by atoms with Crippen LogP contribution in [0.1, 0.15) is 30.0 Å². The molecular weight excluding hydrogens is 292 g/mol. The first kappa shape index (κ1) is 16.5. The van der Waals surface area contributed by atoms with Gasteiger partial charge in [0.1, 0.15) is 0 Å². The quantitative estimate of drug-likeness (QED) is 0.632. The Hall–Kier alpha value is -2.38. The molecule has 0 amide bonds. The molecule has 3 aromatic carbocycles. The molecule has 0 aliphatic carbocycles. The summed E-state index contributed by atoms with van der Waals surface area (Å²) in [5, 5.41) is 9.74. The second-order valence-electron chi connectivity index (χ2n) is 6.50. The minimum atomic E-state index is -0.258. The number of hydrogen-bond donors (Lipinski definition) is 1. The third-order valence-electron chi connectivity index (χ3n) is 4.77. The lowest BCUT2D eigenvalue weighted by Gasteiger charge is -2.38. The zero-order valence-electron chi connectivity index (χ0n) is 14.1. The van der Waals surface area contributed by atoms with Crippen LogP contribution in [0.5, 0.6) is 0 Å². The summed E-state index contributed by atoms with van der Waals surface area (Å²) >= 11 is 0. The molecule has 1 heteroatoms. The van der Waals surface area contributed by atoms with Crippen LogP contribution in [0.2, 0.25) is 0 Å². The molecule has 0 fully saturated rings. The first-order valence-corrected chi connectivity index (χ1v) is 8.55. The van der Waals surface area contributed by atoms with Crippen LogP contribution in [0.3, 0.4) is 0 Å². The van der Waals surface area contributed by atoms with Crippen LogP contribution >= 0.6 is 0 Å². The lowest BCUT2D eigenvalue weighted by Crippen LogP contribution is -2.32. The molecule has 0 aliphatic heterocycles. The Balaban J connectivity index is 2.28. The normalized spacial score (nSPS) is 12.8. The molecule has 3 rings (SSSR count). The molecule has 1 N–H and O–H groups in total. The summed E-state index contributed by atoms with van der Waals surface area (Å²) in [7, 11) is 0. The third-order valence-corrected chi connectivity index (χ3v) is 4.77. The molecule has 0 radical (unpaired) electrons. The topological polar surface area (TPSA) is 20.2 Å². The fourth-order valence-corrected chi connectivity index (χ4v) is 3.61. The van der Waals surface area contributed by atoms with Crippen molar-refractivity contribution in [3.05, 3.63) is 108 Å². The maximum atomic E-state index is 9.74. The zero-order valence-corrected chi connectivity index (χ0v) is 14.1. The SMILES string of the molecule is CC(CO)CC(c1ccccc1)(c1ccccc1)c1ccccc1. The average Bonchev–Trinajstić information content (AvgIpc) is 2.68. The van der Waals surface area contributed by atoms with Crippen molar-refractivity contribution in [3.8, 4) is 0 Å². The van der Waals surface area contributed by atoms with Crippen molar-refractivity contribution in [1.29, 1.82) is 0 Å². The predicted octanol–water partition coefficient (Wildman–Crippen LogP) is 5.04. The van der Waals surface area contributed by atoms with Crippen molar-refractivity contribution >= 4 is 0 Å². The number of benzene rings is 3. The summed E-state index contributed by atoms with van der Waals surface area (Å²) in [6, 6.07) is 31.9. The highest BCUT2D eigenvalue weighted by Crippen LogP contribution is 2.43. The van der Waals surface area contributed by atoms with Crippen LogP contribution in [-0.2, 0) is 5.41 Å². The molecule has 0 heterocycles. The van der Waals surface area contributed by atoms with Gasteiger partial charge in [0.05, 0.1) is 0 Å². The van der Waals surface area contributed by atoms with E-state index in [0.717, 1.165) is 6.42 Å². The zero-order chi connectivity index (χ0) is 16.8. The van der Waals surface area contributed by atoms with Gasteiger partial charge in [0, 0.05) is 12.0 Å². The van der Waals surface area contributed by atoms with E-state index in [2.05, 4.69) is 97.9 Å². The van der Waals surface area contributed by atoms with E-state index >= 15 is 0 Å². The number of hydrogen-bond acceptors (Lipinski definition) is 1. The van der Waals surface area contributed by atoms with E-state index in [4.69, 9.17) is 0 Å². The molecule has 24 heavy (non-hydrogen) atoms. The highest BCUT2D eigenvalue weighted by atomic mass is 16.3. The van der Waals surface area contributed by atoms with E-state index in [0.29, 0.717) is 0 Å². The van der Waals surface area contributed by atoms with Crippen molar-refractivity contribution in [2.24, 2.45) is 5.92 Å². The molecular formula is C23H24O. The first-order valence-electron chi connectivity index (χ1n) is 8.55. The summed E-state index contributed by atoms with van der Waals surface area (Å²) in [5.41, 5.74) is 3.54. The van der Waals surface area contributed by atoms with Crippen molar-refractivity contribution in [2.75, 3.05) is 6.61 Å². The van der Waals surface area contributed by atoms with Gasteiger partial charge >= 0.3 is 0 Å². The van der Waals surface area contributed by atoms with E-state index < -0.39 is 0 Å². The van der Waals surface area contributed by atoms with E-state index in [1.165, 1.54) is 16.7 Å². The molecule has 1 unspecified atom stereocenters. The molecule has 0 spiro atoms. The van der Waals surface area contributed by atoms with Crippen molar-refractivity contribution in [1.82, 2.24) is 0 Å². The lowest BCUT2D eigenvalue weighted by molar-refractivity contribution is 0.217. The Morgan fingerprint density at radius 3 is 1.29 bits per heavy atom. The molecule has 0 saturated carbocycles. The second kappa shape index (κ2) is 7.46. The molecule has 122 valence electrons. The summed E-state index contributed by atoms with van der Waals surface area (Å²) in [4.78, 5) is 0. The van der Waals surface area contributed by atoms with Crippen LogP contribution < -0.4 is 0 Å². The maximum absolute atomic E-state index is 9.74. The van der Waals surface area contributed by atoms with Gasteiger partial charge in [0.2, 0.25) is 0 Å². The monoisotopic (exact) mass is 316 g/mol. The van der Waals surface area contributed by atoms with Gasteiger partial charge in [0.15, 0.2) is 0 Å². The lowest BCUT2D eigenvalue weighted by atomic mass is 9.65. The van der Waals surface area contributed by atoms with Crippen molar-refractivity contribution < 1.29 is 5.11 Å². The fourth-order valence-electron chi connectivity index (χ4n) is 3.61. The van der Waals surface area contributed by atoms with Gasteiger partial charge in [-0.3, -0.25) is 0 Å². The molecule has 1 nitrogen and oxygen atoms in total. The Bertz CT molecular complexity index is 638. The van der Waals surface area contributed by atoms with Crippen LogP contribution in [0.25, 0.3) is 0 Å². The molecule has 1 atom stereocenters. The number of rotatable bonds is 6. The Labute approximate surface area is 144 Å². The standard InChI is InChI=1S/C23H24O/c1-19(18-24)17-23(20-11-5-2-6-12-20,21-13-7-3-8-14-21)22-15-9-4-10-16-22/h2-16,19,24H,17-18H2,1H3. The van der Waals surface area contributed by atoms with Gasteiger partial charge in [-0.1, -0.05) is 97.9 Å². The highest BCUT2D eigenvalue weighted by Gasteiger charge is 2.37. The summed E-state index contributed by atoms with van der Waals surface area (Å²) < 4.78 is 0. The van der Waals surface area contributed by atoms with E-state index in [1.807, 2.05) is 0 Å². The smallest absolute Gasteiger partial charge is 0.0457 e. The van der Waals surface area contributed by atoms with E-state index in [1.54, 1.807) is 0 Å². The number of aliphatic hydroxyl groups excluding tert-OH is 1. The Morgan fingerprint density at radius 1 is 0.667 bits per heavy atom. The Kier molecular flexibility index (Phi) is 5.12. The van der Waals surface area contributed by atoms with E-state index in [-0.39, 0.29) is 17.9 Å². The van der Waals surface area contributed by atoms with Crippen molar-refractivity contribution in [2.45, 2.75) is 18.8 Å². The average molecular weight is 316 g/mol. The van der Waals surface area contributed by atoms with Crippen LogP contribution in [0, 0.1) is 5.92 Å². The summed E-state index contributed by atoms with van der Waals surface area (Å²) in [6.07, 6.45) is 0.863. The van der Waals surface area contributed by atoms with Crippen LogP contribution in [-0.4, -0.2) is 11.7 Å². The highest BCUT2D eigenvalue weighted by molar-refractivity contribution is 5.50. The summed E-state index contributed by atoms with van der Waals surface area (Å²) in [5.74, 6) is 0.200. The summed E-state index contributed by atoms with van der Waals surface area (Å²) in [6.45, 7) is 2.30. The van der Waals surface area contributed by atoms with Gasteiger partial charge < -0.3 is 5.11 Å². The van der Waals surface area contributed by atoms with Gasteiger partial charge in [-0.15, -0.1) is 0 Å². The Morgan fingerprint density at radius 2 is 1.00 bits per heavy atom. The fraction of sp³-hybridized carbons (Fsp3) is 0.217. The second-order valence-corrected chi connectivity index (χ2v) is 6.50. The van der Waals surface area contributed by atoms with Crippen LogP contribution in [0.15, 0.2) is 91.0 Å². The minimum absolute atomic E-state index is 0.189. The number of aliphatic hydroxyl groups is 1. The first-order chi connectivity index (χ1) is 11.8.